The van der Waals surface area contributed by atoms with Gasteiger partial charge in [-0.25, -0.2) is 0 Å². The van der Waals surface area contributed by atoms with Crippen molar-refractivity contribution in [2.75, 3.05) is 50.1 Å². The molecule has 1 aliphatic heterocycles. The molecule has 1 fully saturated rings. The van der Waals surface area contributed by atoms with Crippen LogP contribution >= 0.6 is 11.8 Å². The maximum Gasteiger partial charge on any atom is 0.266 e. The maximum atomic E-state index is 6.01. The van der Waals surface area contributed by atoms with E-state index in [2.05, 4.69) is 33.2 Å². The summed E-state index contributed by atoms with van der Waals surface area (Å²) in [5.41, 5.74) is 6.01. The second-order valence-corrected chi connectivity index (χ2v) is 5.60. The van der Waals surface area contributed by atoms with Crippen LogP contribution in [0.25, 0.3) is 0 Å². The number of anilines is 1. The van der Waals surface area contributed by atoms with Gasteiger partial charge in [0.1, 0.15) is 0 Å². The molecule has 0 bridgehead atoms. The molecule has 2 N–H and O–H groups in total. The Balaban J connectivity index is 1.93. The van der Waals surface area contributed by atoms with Gasteiger partial charge < -0.3 is 20.1 Å². The molecule has 2 heterocycles. The van der Waals surface area contributed by atoms with Crippen LogP contribution in [0.3, 0.4) is 0 Å². The van der Waals surface area contributed by atoms with Crippen LogP contribution in [-0.4, -0.2) is 60.3 Å². The van der Waals surface area contributed by atoms with Gasteiger partial charge in [-0.05, 0) is 30.6 Å². The quantitative estimate of drug-likeness (QED) is 0.839. The molecule has 1 atom stereocenters. The van der Waals surface area contributed by atoms with Crippen LogP contribution < -0.4 is 10.6 Å². The maximum absolute atomic E-state index is 6.01. The summed E-state index contributed by atoms with van der Waals surface area (Å²) in [6.07, 6.45) is 2.93. The van der Waals surface area contributed by atoms with Crippen molar-refractivity contribution in [3.05, 3.63) is 5.89 Å². The Labute approximate surface area is 112 Å². The molecule has 1 aliphatic rings. The van der Waals surface area contributed by atoms with E-state index in [1.165, 1.54) is 0 Å². The van der Waals surface area contributed by atoms with E-state index in [1.54, 1.807) is 11.8 Å². The summed E-state index contributed by atoms with van der Waals surface area (Å²) in [4.78, 5) is 8.85. The van der Waals surface area contributed by atoms with Crippen LogP contribution in [0.2, 0.25) is 0 Å². The molecule has 1 unspecified atom stereocenters. The number of hydrogen-bond donors (Lipinski definition) is 1. The van der Waals surface area contributed by atoms with Gasteiger partial charge in [0.2, 0.25) is 5.89 Å². The van der Waals surface area contributed by atoms with Gasteiger partial charge in [-0.15, -0.1) is 0 Å². The Morgan fingerprint density at radius 3 is 2.78 bits per heavy atom. The van der Waals surface area contributed by atoms with Gasteiger partial charge in [0.05, 0.1) is 6.04 Å². The highest BCUT2D eigenvalue weighted by molar-refractivity contribution is 7.98. The summed E-state index contributed by atoms with van der Waals surface area (Å²) in [5, 5.41) is 4.03. The largest absolute Gasteiger partial charge is 0.336 e. The van der Waals surface area contributed by atoms with Crippen molar-refractivity contribution in [3.8, 4) is 0 Å². The first-order valence-corrected chi connectivity index (χ1v) is 7.61. The molecule has 0 aromatic carbocycles. The Bertz CT molecular complexity index is 364. The molecule has 0 spiro atoms. The predicted octanol–water partition coefficient (Wildman–Crippen LogP) is 0.574. The Morgan fingerprint density at radius 2 is 2.11 bits per heavy atom. The van der Waals surface area contributed by atoms with Crippen molar-refractivity contribution in [3.63, 3.8) is 0 Å². The zero-order valence-electron chi connectivity index (χ0n) is 11.0. The van der Waals surface area contributed by atoms with Gasteiger partial charge in [0.25, 0.3) is 5.95 Å². The topological polar surface area (TPSA) is 71.4 Å². The molecule has 0 aliphatic carbocycles. The van der Waals surface area contributed by atoms with Gasteiger partial charge in [0, 0.05) is 26.2 Å². The number of aromatic nitrogens is 2. The van der Waals surface area contributed by atoms with Crippen molar-refractivity contribution in [2.45, 2.75) is 12.5 Å². The third kappa shape index (κ3) is 3.37. The Hall–Kier alpha value is -0.790. The zero-order chi connectivity index (χ0) is 13.0. The summed E-state index contributed by atoms with van der Waals surface area (Å²) in [7, 11) is 2.12. The van der Waals surface area contributed by atoms with Crippen molar-refractivity contribution in [1.29, 1.82) is 0 Å². The highest BCUT2D eigenvalue weighted by Crippen LogP contribution is 2.18. The summed E-state index contributed by atoms with van der Waals surface area (Å²) in [5.74, 6) is 2.24. The van der Waals surface area contributed by atoms with Crippen molar-refractivity contribution in [1.82, 2.24) is 15.0 Å². The highest BCUT2D eigenvalue weighted by Gasteiger charge is 2.21. The SMILES string of the molecule is CSCCC(N)c1nc(N2CCN(C)CC2)no1. The van der Waals surface area contributed by atoms with Crippen LogP contribution in [-0.2, 0) is 0 Å². The van der Waals surface area contributed by atoms with Crippen molar-refractivity contribution in [2.24, 2.45) is 5.73 Å². The fourth-order valence-corrected chi connectivity index (χ4v) is 2.37. The smallest absolute Gasteiger partial charge is 0.266 e. The van der Waals surface area contributed by atoms with Crippen LogP contribution in [0, 0.1) is 0 Å². The fourth-order valence-electron chi connectivity index (χ4n) is 1.88. The van der Waals surface area contributed by atoms with E-state index in [9.17, 15) is 0 Å². The number of piperazine rings is 1. The van der Waals surface area contributed by atoms with Crippen molar-refractivity contribution >= 4 is 17.7 Å². The lowest BCUT2D eigenvalue weighted by Crippen LogP contribution is -2.44. The van der Waals surface area contributed by atoms with Crippen LogP contribution in [0.4, 0.5) is 5.95 Å². The first-order valence-electron chi connectivity index (χ1n) is 6.22. The monoisotopic (exact) mass is 271 g/mol. The zero-order valence-corrected chi connectivity index (χ0v) is 11.8. The molecular weight excluding hydrogens is 250 g/mol. The number of hydrogen-bond acceptors (Lipinski definition) is 7. The molecule has 1 aromatic rings. The second kappa shape index (κ2) is 6.40. The van der Waals surface area contributed by atoms with Gasteiger partial charge >= 0.3 is 0 Å². The van der Waals surface area contributed by atoms with E-state index in [0.29, 0.717) is 11.8 Å². The van der Waals surface area contributed by atoms with E-state index in [1.807, 2.05) is 0 Å². The van der Waals surface area contributed by atoms with E-state index in [-0.39, 0.29) is 6.04 Å². The average Bonchev–Trinajstić information content (AvgIpc) is 2.86. The predicted molar refractivity (Wildman–Crippen MR) is 73.9 cm³/mol. The fraction of sp³-hybridized carbons (Fsp3) is 0.818. The normalized spacial score (nSPS) is 19.2. The number of nitrogens with two attached hydrogens (primary N) is 1. The number of likely N-dealkylation sites (N-methyl/N-ethyl adjacent to an activating group) is 1. The number of rotatable bonds is 5. The third-order valence-corrected chi connectivity index (χ3v) is 3.81. The molecule has 7 heteroatoms. The Morgan fingerprint density at radius 1 is 1.39 bits per heavy atom. The summed E-state index contributed by atoms with van der Waals surface area (Å²) in [6, 6.07) is -0.147. The van der Waals surface area contributed by atoms with E-state index < -0.39 is 0 Å². The first-order chi connectivity index (χ1) is 8.70. The third-order valence-electron chi connectivity index (χ3n) is 3.17. The minimum absolute atomic E-state index is 0.147. The average molecular weight is 271 g/mol. The molecule has 18 heavy (non-hydrogen) atoms. The standard InChI is InChI=1S/C11H21N5OS/c1-15-4-6-16(7-5-15)11-13-10(17-14-11)9(12)3-8-18-2/h9H,3-8,12H2,1-2H3. The molecule has 0 amide bonds. The lowest BCUT2D eigenvalue weighted by atomic mass is 10.2. The van der Waals surface area contributed by atoms with Crippen LogP contribution in [0.15, 0.2) is 4.52 Å². The second-order valence-electron chi connectivity index (χ2n) is 4.61. The minimum atomic E-state index is -0.147. The number of thioether (sulfide) groups is 1. The lowest BCUT2D eigenvalue weighted by molar-refractivity contribution is 0.308. The minimum Gasteiger partial charge on any atom is -0.336 e. The molecule has 0 radical (unpaired) electrons. The molecule has 102 valence electrons. The number of nitrogens with zero attached hydrogens (tertiary/aromatic N) is 4. The summed E-state index contributed by atoms with van der Waals surface area (Å²) in [6.45, 7) is 3.94. The molecule has 1 aromatic heterocycles. The molecular formula is C11H21N5OS. The highest BCUT2D eigenvalue weighted by atomic mass is 32.2. The van der Waals surface area contributed by atoms with E-state index in [4.69, 9.17) is 10.3 Å². The van der Waals surface area contributed by atoms with Crippen LogP contribution in [0.5, 0.6) is 0 Å². The van der Waals surface area contributed by atoms with Gasteiger partial charge in [-0.3, -0.25) is 0 Å². The molecule has 2 rings (SSSR count). The van der Waals surface area contributed by atoms with Crippen LogP contribution in [0.1, 0.15) is 18.4 Å². The summed E-state index contributed by atoms with van der Waals surface area (Å²) < 4.78 is 5.25. The van der Waals surface area contributed by atoms with E-state index >= 15 is 0 Å². The molecule has 1 saturated heterocycles. The summed E-state index contributed by atoms with van der Waals surface area (Å²) >= 11 is 1.77. The van der Waals surface area contributed by atoms with Gasteiger partial charge in [-0.2, -0.15) is 16.7 Å². The van der Waals surface area contributed by atoms with Gasteiger partial charge in [-0.1, -0.05) is 0 Å². The first kappa shape index (κ1) is 13.6. The molecule has 0 saturated carbocycles. The van der Waals surface area contributed by atoms with Crippen molar-refractivity contribution < 1.29 is 4.52 Å². The van der Waals surface area contributed by atoms with Gasteiger partial charge in [0.15, 0.2) is 0 Å². The molecule has 6 nitrogen and oxygen atoms in total. The lowest BCUT2D eigenvalue weighted by Gasteiger charge is -2.31. The van der Waals surface area contributed by atoms with E-state index in [0.717, 1.165) is 38.4 Å². The Kier molecular flexibility index (Phi) is 4.85.